The van der Waals surface area contributed by atoms with E-state index in [4.69, 9.17) is 5.26 Å². The first-order chi connectivity index (χ1) is 8.69. The summed E-state index contributed by atoms with van der Waals surface area (Å²) in [6, 6.07) is 13.6. The fourth-order valence-corrected chi connectivity index (χ4v) is 1.69. The first-order valence-electron chi connectivity index (χ1n) is 5.69. The highest BCUT2D eigenvalue weighted by Gasteiger charge is 2.04. The third-order valence-corrected chi connectivity index (χ3v) is 2.65. The van der Waals surface area contributed by atoms with Gasteiger partial charge in [-0.15, -0.1) is 5.10 Å². The molecule has 1 heterocycles. The normalized spacial score (nSPS) is 9.83. The third kappa shape index (κ3) is 2.83. The molecule has 0 bridgehead atoms. The molecule has 2 rings (SSSR count). The molecule has 0 amide bonds. The van der Waals surface area contributed by atoms with Gasteiger partial charge in [-0.2, -0.15) is 10.4 Å². The zero-order chi connectivity index (χ0) is 13.0. The van der Waals surface area contributed by atoms with Gasteiger partial charge >= 0.3 is 0 Å². The van der Waals surface area contributed by atoms with E-state index in [1.165, 1.54) is 0 Å². The Balaban J connectivity index is 2.13. The van der Waals surface area contributed by atoms with Crippen molar-refractivity contribution in [2.75, 3.05) is 11.9 Å². The predicted molar refractivity (Wildman–Crippen MR) is 70.0 cm³/mol. The Bertz CT molecular complexity index is 569. The van der Waals surface area contributed by atoms with Gasteiger partial charge < -0.3 is 4.90 Å². The molecule has 0 radical (unpaired) electrons. The molecule has 0 saturated heterocycles. The molecule has 4 nitrogen and oxygen atoms in total. The highest BCUT2D eigenvalue weighted by molar-refractivity contribution is 5.39. The molecular weight excluding hydrogens is 224 g/mol. The molecule has 0 saturated carbocycles. The van der Waals surface area contributed by atoms with E-state index in [0.29, 0.717) is 12.1 Å². The predicted octanol–water partition coefficient (Wildman–Crippen LogP) is 2.29. The van der Waals surface area contributed by atoms with E-state index in [1.807, 2.05) is 49.2 Å². The lowest BCUT2D eigenvalue weighted by Gasteiger charge is -2.17. The van der Waals surface area contributed by atoms with E-state index in [1.54, 1.807) is 6.07 Å². The summed E-state index contributed by atoms with van der Waals surface area (Å²) in [5.74, 6) is 0.822. The molecule has 0 fully saturated rings. The van der Waals surface area contributed by atoms with Crippen molar-refractivity contribution in [3.05, 3.63) is 53.2 Å². The molecular formula is C14H14N4. The molecule has 2 aromatic rings. The van der Waals surface area contributed by atoms with Crippen LogP contribution in [-0.2, 0) is 6.54 Å². The summed E-state index contributed by atoms with van der Waals surface area (Å²) in [6.07, 6.45) is 0. The van der Waals surface area contributed by atoms with Gasteiger partial charge in [0.05, 0.1) is 17.3 Å². The molecule has 90 valence electrons. The fourth-order valence-electron chi connectivity index (χ4n) is 1.69. The van der Waals surface area contributed by atoms with Crippen LogP contribution in [0.2, 0.25) is 0 Å². The van der Waals surface area contributed by atoms with E-state index in [-0.39, 0.29) is 0 Å². The topological polar surface area (TPSA) is 52.8 Å². The van der Waals surface area contributed by atoms with Crippen molar-refractivity contribution in [2.45, 2.75) is 13.5 Å². The molecule has 1 aromatic heterocycles. The smallest absolute Gasteiger partial charge is 0.151 e. The van der Waals surface area contributed by atoms with Crippen LogP contribution in [0.3, 0.4) is 0 Å². The van der Waals surface area contributed by atoms with Gasteiger partial charge in [-0.1, -0.05) is 12.1 Å². The standard InChI is InChI=1S/C14H14N4/c1-11-6-7-14(17-16-11)18(2)10-13-5-3-4-12(8-13)9-15/h3-8H,10H2,1-2H3. The Morgan fingerprint density at radius 1 is 1.22 bits per heavy atom. The lowest BCUT2D eigenvalue weighted by molar-refractivity contribution is 0.856. The largest absolute Gasteiger partial charge is 0.354 e. The SMILES string of the molecule is Cc1ccc(N(C)Cc2cccc(C#N)c2)nn1. The lowest BCUT2D eigenvalue weighted by atomic mass is 10.1. The lowest BCUT2D eigenvalue weighted by Crippen LogP contribution is -2.18. The first-order valence-corrected chi connectivity index (χ1v) is 5.69. The molecule has 0 aliphatic carbocycles. The molecule has 4 heteroatoms. The number of benzene rings is 1. The second-order valence-electron chi connectivity index (χ2n) is 4.20. The van der Waals surface area contributed by atoms with Gasteiger partial charge in [0.25, 0.3) is 0 Å². The minimum atomic E-state index is 0.677. The van der Waals surface area contributed by atoms with Crippen LogP contribution in [-0.4, -0.2) is 17.2 Å². The number of nitrogens with zero attached hydrogens (tertiary/aromatic N) is 4. The summed E-state index contributed by atoms with van der Waals surface area (Å²) >= 11 is 0. The van der Waals surface area contributed by atoms with Crippen molar-refractivity contribution >= 4 is 5.82 Å². The number of anilines is 1. The zero-order valence-electron chi connectivity index (χ0n) is 10.5. The van der Waals surface area contributed by atoms with Gasteiger partial charge in [-0.25, -0.2) is 0 Å². The van der Waals surface area contributed by atoms with Crippen LogP contribution in [0.25, 0.3) is 0 Å². The Morgan fingerprint density at radius 2 is 2.06 bits per heavy atom. The average Bonchev–Trinajstić information content (AvgIpc) is 2.39. The highest BCUT2D eigenvalue weighted by Crippen LogP contribution is 2.12. The second-order valence-corrected chi connectivity index (χ2v) is 4.20. The van der Waals surface area contributed by atoms with Crippen LogP contribution >= 0.6 is 0 Å². The number of nitriles is 1. The van der Waals surface area contributed by atoms with Crippen LogP contribution in [0.4, 0.5) is 5.82 Å². The minimum absolute atomic E-state index is 0.677. The number of hydrogen-bond acceptors (Lipinski definition) is 4. The van der Waals surface area contributed by atoms with Gasteiger partial charge in [0.1, 0.15) is 0 Å². The van der Waals surface area contributed by atoms with E-state index >= 15 is 0 Å². The minimum Gasteiger partial charge on any atom is -0.354 e. The van der Waals surface area contributed by atoms with Crippen molar-refractivity contribution < 1.29 is 0 Å². The van der Waals surface area contributed by atoms with Crippen molar-refractivity contribution in [1.82, 2.24) is 10.2 Å². The molecule has 1 aromatic carbocycles. The first kappa shape index (κ1) is 12.1. The molecule has 0 spiro atoms. The van der Waals surface area contributed by atoms with Gasteiger partial charge in [-0.05, 0) is 36.8 Å². The number of hydrogen-bond donors (Lipinski definition) is 0. The molecule has 0 atom stereocenters. The van der Waals surface area contributed by atoms with E-state index in [0.717, 1.165) is 17.1 Å². The summed E-state index contributed by atoms with van der Waals surface area (Å²) in [7, 11) is 1.96. The van der Waals surface area contributed by atoms with E-state index < -0.39 is 0 Å². The third-order valence-electron chi connectivity index (χ3n) is 2.65. The maximum atomic E-state index is 8.86. The van der Waals surface area contributed by atoms with Crippen molar-refractivity contribution in [3.63, 3.8) is 0 Å². The number of rotatable bonds is 3. The van der Waals surface area contributed by atoms with Crippen LogP contribution in [0, 0.1) is 18.3 Å². The van der Waals surface area contributed by atoms with Gasteiger partial charge in [0.15, 0.2) is 5.82 Å². The molecule has 0 aliphatic rings. The quantitative estimate of drug-likeness (QED) is 0.823. The van der Waals surface area contributed by atoms with Crippen molar-refractivity contribution in [1.29, 1.82) is 5.26 Å². The maximum Gasteiger partial charge on any atom is 0.151 e. The van der Waals surface area contributed by atoms with E-state index in [9.17, 15) is 0 Å². The van der Waals surface area contributed by atoms with Crippen LogP contribution in [0.1, 0.15) is 16.8 Å². The number of aryl methyl sites for hydroxylation is 1. The Morgan fingerprint density at radius 3 is 2.72 bits per heavy atom. The Labute approximate surface area is 107 Å². The Kier molecular flexibility index (Phi) is 3.54. The fraction of sp³-hybridized carbons (Fsp3) is 0.214. The summed E-state index contributed by atoms with van der Waals surface area (Å²) < 4.78 is 0. The summed E-state index contributed by atoms with van der Waals surface area (Å²) in [4.78, 5) is 2.00. The summed E-state index contributed by atoms with van der Waals surface area (Å²) in [6.45, 7) is 2.61. The van der Waals surface area contributed by atoms with Crippen LogP contribution in [0.5, 0.6) is 0 Å². The summed E-state index contributed by atoms with van der Waals surface area (Å²) in [5.41, 5.74) is 2.66. The molecule has 0 aliphatic heterocycles. The molecule has 0 unspecified atom stereocenters. The maximum absolute atomic E-state index is 8.86. The number of aromatic nitrogens is 2. The monoisotopic (exact) mass is 238 g/mol. The van der Waals surface area contributed by atoms with Crippen LogP contribution < -0.4 is 4.90 Å². The molecule has 18 heavy (non-hydrogen) atoms. The van der Waals surface area contributed by atoms with Crippen molar-refractivity contribution in [3.8, 4) is 6.07 Å². The second kappa shape index (κ2) is 5.28. The van der Waals surface area contributed by atoms with Crippen LogP contribution in [0.15, 0.2) is 36.4 Å². The van der Waals surface area contributed by atoms with Gasteiger partial charge in [0, 0.05) is 13.6 Å². The summed E-state index contributed by atoms with van der Waals surface area (Å²) in [5, 5.41) is 17.0. The van der Waals surface area contributed by atoms with Crippen molar-refractivity contribution in [2.24, 2.45) is 0 Å². The van der Waals surface area contributed by atoms with Gasteiger partial charge in [-0.3, -0.25) is 0 Å². The van der Waals surface area contributed by atoms with Gasteiger partial charge in [0.2, 0.25) is 0 Å². The van der Waals surface area contributed by atoms with E-state index in [2.05, 4.69) is 16.3 Å². The zero-order valence-corrected chi connectivity index (χ0v) is 10.5. The highest BCUT2D eigenvalue weighted by atomic mass is 15.2. The molecule has 0 N–H and O–H groups in total. The Hall–Kier alpha value is -2.41. The average molecular weight is 238 g/mol.